The third-order valence-corrected chi connectivity index (χ3v) is 4.65. The Labute approximate surface area is 118 Å². The highest BCUT2D eigenvalue weighted by molar-refractivity contribution is 5.84. The van der Waals surface area contributed by atoms with E-state index in [4.69, 9.17) is 5.73 Å². The summed E-state index contributed by atoms with van der Waals surface area (Å²) in [7, 11) is 0. The molecule has 3 nitrogen and oxygen atoms in total. The second kappa shape index (κ2) is 4.60. The summed E-state index contributed by atoms with van der Waals surface area (Å²) in [4.78, 5) is 11.5. The first-order chi connectivity index (χ1) is 9.53. The van der Waals surface area contributed by atoms with Crippen LogP contribution in [0.4, 0.5) is 0 Å². The lowest BCUT2D eigenvalue weighted by atomic mass is 9.62. The number of fused-ring (bicyclic) bond motifs is 1. The number of carboxylic acids is 1. The zero-order valence-corrected chi connectivity index (χ0v) is 11.6. The second-order valence-electron chi connectivity index (χ2n) is 5.90. The van der Waals surface area contributed by atoms with E-state index in [1.165, 1.54) is 10.9 Å². The molecule has 1 unspecified atom stereocenters. The maximum absolute atomic E-state index is 11.5. The molecule has 1 aliphatic carbocycles. The van der Waals surface area contributed by atoms with E-state index in [1.807, 2.05) is 18.2 Å². The van der Waals surface area contributed by atoms with Gasteiger partial charge in [-0.3, -0.25) is 4.79 Å². The Morgan fingerprint density at radius 3 is 2.45 bits per heavy atom. The van der Waals surface area contributed by atoms with Crippen molar-refractivity contribution >= 4 is 16.7 Å². The minimum absolute atomic E-state index is 0.431. The van der Waals surface area contributed by atoms with Crippen LogP contribution in [0.15, 0.2) is 36.4 Å². The van der Waals surface area contributed by atoms with Crippen LogP contribution in [-0.4, -0.2) is 11.1 Å². The SMILES string of the molecule is Cc1ccc2cc(C(N)C3(C(=O)O)CCC3)ccc2c1. The first-order valence-corrected chi connectivity index (χ1v) is 7.02. The zero-order chi connectivity index (χ0) is 14.3. The summed E-state index contributed by atoms with van der Waals surface area (Å²) >= 11 is 0. The minimum Gasteiger partial charge on any atom is -0.481 e. The molecule has 0 saturated heterocycles. The third kappa shape index (κ3) is 1.90. The van der Waals surface area contributed by atoms with Gasteiger partial charge in [-0.15, -0.1) is 0 Å². The summed E-state index contributed by atoms with van der Waals surface area (Å²) < 4.78 is 0. The van der Waals surface area contributed by atoms with Crippen molar-refractivity contribution in [2.24, 2.45) is 11.1 Å². The Hall–Kier alpha value is -1.87. The fourth-order valence-corrected chi connectivity index (χ4v) is 3.11. The predicted octanol–water partition coefficient (Wildman–Crippen LogP) is 3.40. The number of hydrogen-bond donors (Lipinski definition) is 2. The van der Waals surface area contributed by atoms with Crippen LogP contribution in [0.5, 0.6) is 0 Å². The molecule has 104 valence electrons. The number of nitrogens with two attached hydrogens (primary N) is 1. The molecule has 3 rings (SSSR count). The predicted molar refractivity (Wildman–Crippen MR) is 79.5 cm³/mol. The normalized spacial score (nSPS) is 18.5. The fourth-order valence-electron chi connectivity index (χ4n) is 3.11. The van der Waals surface area contributed by atoms with Crippen LogP contribution in [-0.2, 0) is 4.79 Å². The van der Waals surface area contributed by atoms with Gasteiger partial charge in [-0.2, -0.15) is 0 Å². The van der Waals surface area contributed by atoms with Crippen LogP contribution in [0.25, 0.3) is 10.8 Å². The molecule has 0 bridgehead atoms. The summed E-state index contributed by atoms with van der Waals surface area (Å²) in [5.41, 5.74) is 7.65. The third-order valence-electron chi connectivity index (χ3n) is 4.65. The van der Waals surface area contributed by atoms with Gasteiger partial charge in [-0.1, -0.05) is 42.3 Å². The van der Waals surface area contributed by atoms with Gasteiger partial charge in [-0.05, 0) is 42.2 Å². The maximum atomic E-state index is 11.5. The Kier molecular flexibility index (Phi) is 3.02. The molecule has 20 heavy (non-hydrogen) atoms. The van der Waals surface area contributed by atoms with Gasteiger partial charge in [0.15, 0.2) is 0 Å². The lowest BCUT2D eigenvalue weighted by Gasteiger charge is -2.42. The molecule has 1 atom stereocenters. The molecule has 1 fully saturated rings. The van der Waals surface area contributed by atoms with Gasteiger partial charge in [0.05, 0.1) is 5.41 Å². The van der Waals surface area contributed by atoms with Crippen molar-refractivity contribution in [2.75, 3.05) is 0 Å². The van der Waals surface area contributed by atoms with Gasteiger partial charge >= 0.3 is 5.97 Å². The molecule has 2 aromatic rings. The summed E-state index contributed by atoms with van der Waals surface area (Å²) in [6, 6.07) is 11.9. The van der Waals surface area contributed by atoms with E-state index in [0.29, 0.717) is 12.8 Å². The summed E-state index contributed by atoms with van der Waals surface area (Å²) in [6.07, 6.45) is 2.30. The average Bonchev–Trinajstić information content (AvgIpc) is 2.36. The Morgan fingerprint density at radius 2 is 1.85 bits per heavy atom. The van der Waals surface area contributed by atoms with Crippen molar-refractivity contribution in [1.29, 1.82) is 0 Å². The van der Waals surface area contributed by atoms with E-state index in [1.54, 1.807) is 0 Å². The van der Waals surface area contributed by atoms with E-state index < -0.39 is 17.4 Å². The van der Waals surface area contributed by atoms with E-state index in [2.05, 4.69) is 25.1 Å². The minimum atomic E-state index is -0.766. The molecule has 2 aromatic carbocycles. The van der Waals surface area contributed by atoms with E-state index >= 15 is 0 Å². The number of benzene rings is 2. The quantitative estimate of drug-likeness (QED) is 0.897. The molecular formula is C17H19NO2. The van der Waals surface area contributed by atoms with Crippen LogP contribution in [0.1, 0.15) is 36.4 Å². The number of carboxylic acid groups (broad SMARTS) is 1. The van der Waals surface area contributed by atoms with Crippen molar-refractivity contribution in [3.05, 3.63) is 47.5 Å². The van der Waals surface area contributed by atoms with Gasteiger partial charge < -0.3 is 10.8 Å². The van der Waals surface area contributed by atoms with Crippen LogP contribution in [0, 0.1) is 12.3 Å². The molecule has 0 heterocycles. The Morgan fingerprint density at radius 1 is 1.20 bits per heavy atom. The van der Waals surface area contributed by atoms with Gasteiger partial charge in [0.2, 0.25) is 0 Å². The van der Waals surface area contributed by atoms with Crippen molar-refractivity contribution in [3.8, 4) is 0 Å². The number of hydrogen-bond acceptors (Lipinski definition) is 2. The van der Waals surface area contributed by atoms with Crippen molar-refractivity contribution < 1.29 is 9.90 Å². The molecule has 3 N–H and O–H groups in total. The smallest absolute Gasteiger partial charge is 0.311 e. The van der Waals surface area contributed by atoms with Crippen molar-refractivity contribution in [1.82, 2.24) is 0 Å². The molecule has 1 aliphatic rings. The van der Waals surface area contributed by atoms with Crippen LogP contribution in [0.2, 0.25) is 0 Å². The summed E-state index contributed by atoms with van der Waals surface area (Å²) in [5.74, 6) is -0.764. The largest absolute Gasteiger partial charge is 0.481 e. The number of aliphatic carboxylic acids is 1. The molecule has 0 spiro atoms. The van der Waals surface area contributed by atoms with Crippen LogP contribution >= 0.6 is 0 Å². The summed E-state index contributed by atoms with van der Waals surface area (Å²) in [5, 5.41) is 11.8. The zero-order valence-electron chi connectivity index (χ0n) is 11.6. The molecule has 0 aromatic heterocycles. The van der Waals surface area contributed by atoms with Gasteiger partial charge in [0, 0.05) is 6.04 Å². The van der Waals surface area contributed by atoms with Crippen molar-refractivity contribution in [3.63, 3.8) is 0 Å². The molecule has 1 saturated carbocycles. The first-order valence-electron chi connectivity index (χ1n) is 7.02. The monoisotopic (exact) mass is 269 g/mol. The van der Waals surface area contributed by atoms with E-state index in [-0.39, 0.29) is 0 Å². The van der Waals surface area contributed by atoms with Gasteiger partial charge in [-0.25, -0.2) is 0 Å². The number of carbonyl (C=O) groups is 1. The van der Waals surface area contributed by atoms with Gasteiger partial charge in [0.1, 0.15) is 0 Å². The topological polar surface area (TPSA) is 63.3 Å². The molecule has 3 heteroatoms. The number of aryl methyl sites for hydroxylation is 1. The van der Waals surface area contributed by atoms with Gasteiger partial charge in [0.25, 0.3) is 0 Å². The molecule has 0 aliphatic heterocycles. The van der Waals surface area contributed by atoms with Crippen molar-refractivity contribution in [2.45, 2.75) is 32.2 Å². The molecule has 0 radical (unpaired) electrons. The lowest BCUT2D eigenvalue weighted by molar-refractivity contribution is -0.156. The molecular weight excluding hydrogens is 250 g/mol. The number of rotatable bonds is 3. The lowest BCUT2D eigenvalue weighted by Crippen LogP contribution is -2.46. The van der Waals surface area contributed by atoms with E-state index in [0.717, 1.165) is 17.4 Å². The highest BCUT2D eigenvalue weighted by atomic mass is 16.4. The van der Waals surface area contributed by atoms with Crippen LogP contribution in [0.3, 0.4) is 0 Å². The Bertz CT molecular complexity index is 674. The second-order valence-corrected chi connectivity index (χ2v) is 5.90. The average molecular weight is 269 g/mol. The van der Waals surface area contributed by atoms with Crippen LogP contribution < -0.4 is 5.73 Å². The first kappa shape index (κ1) is 13.1. The highest BCUT2D eigenvalue weighted by Gasteiger charge is 2.49. The fraction of sp³-hybridized carbons (Fsp3) is 0.353. The molecule has 0 amide bonds. The Balaban J connectivity index is 2.01. The standard InChI is InChI=1S/C17H19NO2/c1-11-3-4-13-10-14(6-5-12(13)9-11)15(18)17(16(19)20)7-2-8-17/h3-6,9-10,15H,2,7-8,18H2,1H3,(H,19,20). The summed E-state index contributed by atoms with van der Waals surface area (Å²) in [6.45, 7) is 2.06. The maximum Gasteiger partial charge on any atom is 0.311 e. The van der Waals surface area contributed by atoms with E-state index in [9.17, 15) is 9.90 Å². The highest BCUT2D eigenvalue weighted by Crippen LogP contribution is 2.49.